The van der Waals surface area contributed by atoms with Gasteiger partial charge in [0, 0.05) is 6.92 Å². The summed E-state index contributed by atoms with van der Waals surface area (Å²) < 4.78 is 4.78. The Morgan fingerprint density at radius 2 is 2.38 bits per heavy atom. The molecule has 4 unspecified atom stereocenters. The van der Waals surface area contributed by atoms with Crippen LogP contribution in [0.1, 0.15) is 6.92 Å². The van der Waals surface area contributed by atoms with Gasteiger partial charge in [0.05, 0.1) is 0 Å². The van der Waals surface area contributed by atoms with Crippen LogP contribution in [-0.4, -0.2) is 5.97 Å². The highest BCUT2D eigenvalue weighted by molar-refractivity contribution is 8.59. The van der Waals surface area contributed by atoms with E-state index >= 15 is 0 Å². The van der Waals surface area contributed by atoms with Crippen molar-refractivity contribution in [3.63, 3.8) is 0 Å². The molecule has 0 aliphatic carbocycles. The van der Waals surface area contributed by atoms with Crippen LogP contribution in [-0.2, 0) is 9.32 Å². The van der Waals surface area contributed by atoms with Crippen molar-refractivity contribution in [2.75, 3.05) is 0 Å². The van der Waals surface area contributed by atoms with Crippen molar-refractivity contribution in [2.24, 2.45) is 0 Å². The van der Waals surface area contributed by atoms with E-state index in [1.54, 1.807) is 0 Å². The zero-order chi connectivity index (χ0) is 6.57. The SMILES string of the molecule is CC(=O)OP(P)PP. The fourth-order valence-electron chi connectivity index (χ4n) is 0.165. The average molecular weight is 188 g/mol. The van der Waals surface area contributed by atoms with E-state index < -0.39 is 7.53 Å². The van der Waals surface area contributed by atoms with E-state index in [2.05, 4.69) is 17.9 Å². The number of carbonyl (C=O) groups is 1. The summed E-state index contributed by atoms with van der Waals surface area (Å²) in [6, 6.07) is 0. The summed E-state index contributed by atoms with van der Waals surface area (Å²) >= 11 is 0. The smallest absolute Gasteiger partial charge is 0.305 e. The van der Waals surface area contributed by atoms with Crippen molar-refractivity contribution in [2.45, 2.75) is 6.92 Å². The third-order valence-electron chi connectivity index (χ3n) is 0.354. The molecule has 4 atom stereocenters. The monoisotopic (exact) mass is 188 g/mol. The second-order valence-electron chi connectivity index (χ2n) is 1.04. The van der Waals surface area contributed by atoms with Crippen LogP contribution in [0.4, 0.5) is 0 Å². The lowest BCUT2D eigenvalue weighted by molar-refractivity contribution is -0.130. The maximum atomic E-state index is 10.2. The molecule has 0 amide bonds. The fraction of sp³-hybridized carbons (Fsp3) is 0.500. The molecule has 0 rings (SSSR count). The van der Waals surface area contributed by atoms with E-state index in [1.165, 1.54) is 6.92 Å². The number of hydrogen-bond acceptors (Lipinski definition) is 2. The molecule has 0 bridgehead atoms. The zero-order valence-electron chi connectivity index (χ0n) is 4.42. The van der Waals surface area contributed by atoms with Crippen molar-refractivity contribution >= 4 is 39.3 Å². The highest BCUT2D eigenvalue weighted by Gasteiger charge is 1.99. The average Bonchev–Trinajstić information content (AvgIpc) is 1.65. The molecule has 0 radical (unpaired) electrons. The van der Waals surface area contributed by atoms with Crippen molar-refractivity contribution in [1.29, 1.82) is 0 Å². The molecule has 0 spiro atoms. The van der Waals surface area contributed by atoms with Gasteiger partial charge in [-0.25, -0.2) is 0 Å². The Labute approximate surface area is 56.2 Å². The molecule has 0 aromatic carbocycles. The first-order valence-corrected chi connectivity index (χ1v) is 8.39. The standard InChI is InChI=1S/C2H8O2P4/c1-2(3)4-8(6)7-5/h7H,5-6H2,1H3. The van der Waals surface area contributed by atoms with E-state index in [0.717, 1.165) is 0 Å². The predicted octanol–water partition coefficient (Wildman–Crippen LogP) is 2.12. The quantitative estimate of drug-likeness (QED) is 0.620. The van der Waals surface area contributed by atoms with E-state index in [9.17, 15) is 4.79 Å². The Kier molecular flexibility index (Phi) is 5.76. The van der Waals surface area contributed by atoms with Crippen LogP contribution in [0.25, 0.3) is 0 Å². The summed E-state index contributed by atoms with van der Waals surface area (Å²) in [5.74, 6) is -0.193. The van der Waals surface area contributed by atoms with Gasteiger partial charge in [-0.15, -0.1) is 8.93 Å². The Hall–Kier alpha value is 1.19. The molecular weight excluding hydrogens is 180 g/mol. The van der Waals surface area contributed by atoms with Crippen molar-refractivity contribution in [1.82, 2.24) is 0 Å². The summed E-state index contributed by atoms with van der Waals surface area (Å²) in [5, 5.41) is 0. The van der Waals surface area contributed by atoms with Crippen LogP contribution in [0.2, 0.25) is 0 Å². The first-order valence-electron chi connectivity index (χ1n) is 1.86. The summed E-state index contributed by atoms with van der Waals surface area (Å²) in [7, 11) is 5.10. The third-order valence-corrected chi connectivity index (χ3v) is 8.73. The Bertz CT molecular complexity index is 84.1. The van der Waals surface area contributed by atoms with E-state index in [-0.39, 0.29) is 5.97 Å². The maximum absolute atomic E-state index is 10.2. The van der Waals surface area contributed by atoms with Gasteiger partial charge < -0.3 is 4.52 Å². The summed E-state index contributed by atoms with van der Waals surface area (Å²) in [4.78, 5) is 10.2. The van der Waals surface area contributed by atoms with Gasteiger partial charge in [0.2, 0.25) is 0 Å². The molecule has 0 N–H and O–H groups in total. The molecule has 0 heterocycles. The van der Waals surface area contributed by atoms with E-state index in [4.69, 9.17) is 4.52 Å². The molecule has 8 heavy (non-hydrogen) atoms. The topological polar surface area (TPSA) is 26.3 Å². The van der Waals surface area contributed by atoms with Gasteiger partial charge in [-0.2, -0.15) is 0 Å². The molecule has 0 fully saturated rings. The maximum Gasteiger partial charge on any atom is 0.305 e. The van der Waals surface area contributed by atoms with Crippen molar-refractivity contribution in [3.05, 3.63) is 0 Å². The number of carbonyl (C=O) groups excluding carboxylic acids is 1. The molecule has 0 saturated carbocycles. The zero-order valence-corrected chi connectivity index (χ0v) is 8.62. The summed E-state index contributed by atoms with van der Waals surface area (Å²) in [5.41, 5.74) is 0. The summed E-state index contributed by atoms with van der Waals surface area (Å²) in [6.07, 6.45) is 0. The lowest BCUT2D eigenvalue weighted by atomic mass is 10.9. The first kappa shape index (κ1) is 9.19. The molecule has 0 aromatic rings. The lowest BCUT2D eigenvalue weighted by Crippen LogP contribution is -1.86. The molecule has 0 saturated heterocycles. The minimum atomic E-state index is -0.560. The minimum Gasteiger partial charge on any atom is -0.436 e. The minimum absolute atomic E-state index is 0.193. The summed E-state index contributed by atoms with van der Waals surface area (Å²) in [6.45, 7) is 1.42. The van der Waals surface area contributed by atoms with Crippen molar-refractivity contribution < 1.29 is 9.32 Å². The molecule has 0 aliphatic heterocycles. The highest BCUT2D eigenvalue weighted by atomic mass is 32.6. The van der Waals surface area contributed by atoms with Crippen LogP contribution in [0.5, 0.6) is 0 Å². The second-order valence-corrected chi connectivity index (χ2v) is 9.51. The molecule has 2 nitrogen and oxygen atoms in total. The van der Waals surface area contributed by atoms with Gasteiger partial charge in [0.25, 0.3) is 0 Å². The largest absolute Gasteiger partial charge is 0.436 e. The van der Waals surface area contributed by atoms with Crippen LogP contribution >= 0.6 is 33.3 Å². The van der Waals surface area contributed by atoms with Gasteiger partial charge in [-0.1, -0.05) is 8.93 Å². The van der Waals surface area contributed by atoms with Crippen LogP contribution in [0, 0.1) is 0 Å². The van der Waals surface area contributed by atoms with Crippen molar-refractivity contribution in [3.8, 4) is 0 Å². The Morgan fingerprint density at radius 1 is 1.88 bits per heavy atom. The predicted molar refractivity (Wildman–Crippen MR) is 46.4 cm³/mol. The molecule has 0 aromatic heterocycles. The van der Waals surface area contributed by atoms with Gasteiger partial charge in [-0.05, 0) is 7.96 Å². The van der Waals surface area contributed by atoms with Gasteiger partial charge in [0.15, 0.2) is 0 Å². The van der Waals surface area contributed by atoms with Gasteiger partial charge in [-0.3, -0.25) is 4.79 Å². The molecular formula is C2H8O2P4. The fourth-order valence-corrected chi connectivity index (χ4v) is 1.96. The van der Waals surface area contributed by atoms with Crippen LogP contribution in [0.15, 0.2) is 0 Å². The van der Waals surface area contributed by atoms with E-state index in [1.807, 2.05) is 0 Å². The molecule has 48 valence electrons. The van der Waals surface area contributed by atoms with Crippen LogP contribution < -0.4 is 0 Å². The Balaban J connectivity index is 3.24. The normalized spacial score (nSPS) is 14.4. The third kappa shape index (κ3) is 5.33. The molecule has 0 aliphatic rings. The second kappa shape index (κ2) is 5.01. The van der Waals surface area contributed by atoms with Gasteiger partial charge in [0.1, 0.15) is 7.53 Å². The Morgan fingerprint density at radius 3 is 2.50 bits per heavy atom. The number of hydrogen-bond donors (Lipinski definition) is 0. The first-order chi connectivity index (χ1) is 3.66. The lowest BCUT2D eigenvalue weighted by Gasteiger charge is -2.05. The molecule has 6 heteroatoms. The number of rotatable bonds is 2. The van der Waals surface area contributed by atoms with Gasteiger partial charge >= 0.3 is 5.97 Å². The van der Waals surface area contributed by atoms with E-state index in [0.29, 0.717) is 7.96 Å². The highest BCUT2D eigenvalue weighted by Crippen LogP contribution is 2.66. The van der Waals surface area contributed by atoms with Crippen LogP contribution in [0.3, 0.4) is 0 Å².